The first kappa shape index (κ1) is 24.2. The molecule has 2 nitrogen and oxygen atoms in total. The van der Waals surface area contributed by atoms with Crippen molar-refractivity contribution in [3.05, 3.63) is 164 Å². The molecule has 0 aliphatic rings. The van der Waals surface area contributed by atoms with Gasteiger partial charge in [0.2, 0.25) is 0 Å². The Kier molecular flexibility index (Phi) is 5.82. The van der Waals surface area contributed by atoms with Crippen LogP contribution in [0.1, 0.15) is 0 Å². The maximum atomic E-state index is 6.71. The zero-order chi connectivity index (χ0) is 27.9. The van der Waals surface area contributed by atoms with Crippen LogP contribution in [0.5, 0.6) is 0 Å². The Morgan fingerprint density at radius 2 is 0.976 bits per heavy atom. The van der Waals surface area contributed by atoms with E-state index in [2.05, 4.69) is 163 Å². The van der Waals surface area contributed by atoms with E-state index in [1.165, 1.54) is 11.1 Å². The predicted octanol–water partition coefficient (Wildman–Crippen LogP) is 11.5. The smallest absolute Gasteiger partial charge is 0.145 e. The molecule has 1 heterocycles. The summed E-state index contributed by atoms with van der Waals surface area (Å²) in [6.45, 7) is 0. The van der Waals surface area contributed by atoms with Crippen molar-refractivity contribution >= 4 is 49.8 Å². The van der Waals surface area contributed by atoms with Gasteiger partial charge in [0.1, 0.15) is 11.2 Å². The zero-order valence-electron chi connectivity index (χ0n) is 22.9. The fraction of sp³-hybridized carbons (Fsp3) is 0. The van der Waals surface area contributed by atoms with Crippen LogP contribution in [-0.4, -0.2) is 0 Å². The lowest BCUT2D eigenvalue weighted by Gasteiger charge is -2.31. The number of benzene rings is 7. The first-order valence-electron chi connectivity index (χ1n) is 14.3. The number of para-hydroxylation sites is 3. The minimum Gasteiger partial charge on any atom is -0.455 e. The molecule has 0 aliphatic heterocycles. The molecule has 1 aromatic heterocycles. The Hall–Kier alpha value is -5.60. The summed E-state index contributed by atoms with van der Waals surface area (Å²) >= 11 is 0. The molecule has 0 radical (unpaired) electrons. The fourth-order valence-corrected chi connectivity index (χ4v) is 6.24. The van der Waals surface area contributed by atoms with Gasteiger partial charge in [0.05, 0.1) is 16.8 Å². The molecule has 0 spiro atoms. The molecular weight excluding hydrogens is 510 g/mol. The van der Waals surface area contributed by atoms with Crippen LogP contribution in [0.3, 0.4) is 0 Å². The Balaban J connectivity index is 1.61. The summed E-state index contributed by atoms with van der Waals surface area (Å²) in [5, 5.41) is 4.47. The van der Waals surface area contributed by atoms with E-state index < -0.39 is 0 Å². The van der Waals surface area contributed by atoms with Gasteiger partial charge in [-0.2, -0.15) is 0 Å². The van der Waals surface area contributed by atoms with Gasteiger partial charge < -0.3 is 9.32 Å². The molecule has 0 bridgehead atoms. The standard InChI is InChI=1S/C40H27NO/c1-4-16-28(17-5-1)31-22-12-14-26-35(31)41(30-20-8-3-9-21-30)39-37(29-18-6-2-7-19-29)32-23-10-11-24-33(32)40-38(39)34-25-13-15-27-36(34)42-40/h1-27H. The zero-order valence-corrected chi connectivity index (χ0v) is 22.9. The largest absolute Gasteiger partial charge is 0.455 e. The van der Waals surface area contributed by atoms with E-state index in [-0.39, 0.29) is 0 Å². The average molecular weight is 538 g/mol. The molecule has 0 atom stereocenters. The minimum atomic E-state index is 0.883. The van der Waals surface area contributed by atoms with Gasteiger partial charge in [-0.25, -0.2) is 0 Å². The first-order chi connectivity index (χ1) is 20.9. The summed E-state index contributed by atoms with van der Waals surface area (Å²) in [6, 6.07) is 57.8. The highest BCUT2D eigenvalue weighted by molar-refractivity contribution is 6.27. The number of hydrogen-bond donors (Lipinski definition) is 0. The summed E-state index contributed by atoms with van der Waals surface area (Å²) < 4.78 is 6.71. The van der Waals surface area contributed by atoms with Crippen LogP contribution in [-0.2, 0) is 0 Å². The van der Waals surface area contributed by atoms with Gasteiger partial charge in [-0.15, -0.1) is 0 Å². The molecule has 0 unspecified atom stereocenters. The van der Waals surface area contributed by atoms with E-state index in [0.29, 0.717) is 0 Å². The second kappa shape index (κ2) is 10.1. The van der Waals surface area contributed by atoms with Crippen molar-refractivity contribution in [3.63, 3.8) is 0 Å². The monoisotopic (exact) mass is 537 g/mol. The van der Waals surface area contributed by atoms with Crippen molar-refractivity contribution in [1.29, 1.82) is 0 Å². The van der Waals surface area contributed by atoms with Gasteiger partial charge >= 0.3 is 0 Å². The Morgan fingerprint density at radius 1 is 0.429 bits per heavy atom. The van der Waals surface area contributed by atoms with E-state index in [1.807, 2.05) is 6.07 Å². The molecular formula is C40H27NO. The molecule has 0 saturated heterocycles. The van der Waals surface area contributed by atoms with Crippen LogP contribution < -0.4 is 4.90 Å². The second-order valence-electron chi connectivity index (χ2n) is 10.5. The molecule has 198 valence electrons. The third kappa shape index (κ3) is 3.88. The molecule has 8 aromatic rings. The topological polar surface area (TPSA) is 16.4 Å². The first-order valence-corrected chi connectivity index (χ1v) is 14.3. The Bertz CT molecular complexity index is 2180. The fourth-order valence-electron chi connectivity index (χ4n) is 6.24. The van der Waals surface area contributed by atoms with Gasteiger partial charge in [-0.05, 0) is 40.8 Å². The molecule has 0 saturated carbocycles. The summed E-state index contributed by atoms with van der Waals surface area (Å²) in [4.78, 5) is 2.43. The maximum Gasteiger partial charge on any atom is 0.145 e. The highest BCUT2D eigenvalue weighted by Gasteiger charge is 2.27. The number of anilines is 3. The number of furan rings is 1. The summed E-state index contributed by atoms with van der Waals surface area (Å²) in [5.41, 5.74) is 9.75. The highest BCUT2D eigenvalue weighted by Crippen LogP contribution is 2.53. The van der Waals surface area contributed by atoms with Gasteiger partial charge in [0.25, 0.3) is 0 Å². The van der Waals surface area contributed by atoms with Crippen molar-refractivity contribution in [2.75, 3.05) is 4.90 Å². The van der Waals surface area contributed by atoms with Gasteiger partial charge in [-0.1, -0.05) is 140 Å². The SMILES string of the molecule is c1ccc(-c2ccccc2N(c2ccccc2)c2c(-c3ccccc3)c3ccccc3c3oc4ccccc4c23)cc1. The molecule has 2 heteroatoms. The molecule has 0 fully saturated rings. The van der Waals surface area contributed by atoms with Crippen molar-refractivity contribution in [2.45, 2.75) is 0 Å². The van der Waals surface area contributed by atoms with Crippen LogP contribution in [0, 0.1) is 0 Å². The van der Waals surface area contributed by atoms with E-state index in [0.717, 1.165) is 60.9 Å². The van der Waals surface area contributed by atoms with Crippen molar-refractivity contribution < 1.29 is 4.42 Å². The summed E-state index contributed by atoms with van der Waals surface area (Å²) in [7, 11) is 0. The molecule has 0 aliphatic carbocycles. The molecule has 8 rings (SSSR count). The molecule has 7 aromatic carbocycles. The minimum absolute atomic E-state index is 0.883. The van der Waals surface area contributed by atoms with Gasteiger partial charge in [0.15, 0.2) is 0 Å². The Morgan fingerprint density at radius 3 is 1.71 bits per heavy atom. The third-order valence-electron chi connectivity index (χ3n) is 8.04. The van der Waals surface area contributed by atoms with Crippen molar-refractivity contribution in [3.8, 4) is 22.3 Å². The normalized spacial score (nSPS) is 11.3. The van der Waals surface area contributed by atoms with Crippen LogP contribution in [0.2, 0.25) is 0 Å². The molecule has 42 heavy (non-hydrogen) atoms. The summed E-state index contributed by atoms with van der Waals surface area (Å²) in [6.07, 6.45) is 0. The predicted molar refractivity (Wildman–Crippen MR) is 177 cm³/mol. The number of nitrogens with zero attached hydrogens (tertiary/aromatic N) is 1. The second-order valence-corrected chi connectivity index (χ2v) is 10.5. The van der Waals surface area contributed by atoms with Crippen LogP contribution in [0.25, 0.3) is 55.0 Å². The number of rotatable bonds is 5. The highest BCUT2D eigenvalue weighted by atomic mass is 16.3. The van der Waals surface area contributed by atoms with E-state index in [4.69, 9.17) is 4.42 Å². The average Bonchev–Trinajstić information content (AvgIpc) is 3.46. The number of fused-ring (bicyclic) bond motifs is 5. The molecule has 0 N–H and O–H groups in total. The Labute approximate surface area is 244 Å². The summed E-state index contributed by atoms with van der Waals surface area (Å²) in [5.74, 6) is 0. The van der Waals surface area contributed by atoms with Crippen molar-refractivity contribution in [1.82, 2.24) is 0 Å². The van der Waals surface area contributed by atoms with Crippen LogP contribution in [0.4, 0.5) is 17.1 Å². The van der Waals surface area contributed by atoms with E-state index >= 15 is 0 Å². The van der Waals surface area contributed by atoms with Crippen molar-refractivity contribution in [2.24, 2.45) is 0 Å². The maximum absolute atomic E-state index is 6.71. The van der Waals surface area contributed by atoms with E-state index in [1.54, 1.807) is 0 Å². The quantitative estimate of drug-likeness (QED) is 0.217. The van der Waals surface area contributed by atoms with Crippen LogP contribution >= 0.6 is 0 Å². The lowest BCUT2D eigenvalue weighted by Crippen LogP contribution is -2.13. The third-order valence-corrected chi connectivity index (χ3v) is 8.04. The molecule has 0 amide bonds. The van der Waals surface area contributed by atoms with Crippen LogP contribution in [0.15, 0.2) is 168 Å². The van der Waals surface area contributed by atoms with E-state index in [9.17, 15) is 0 Å². The number of hydrogen-bond acceptors (Lipinski definition) is 2. The van der Waals surface area contributed by atoms with Gasteiger partial charge in [-0.3, -0.25) is 0 Å². The van der Waals surface area contributed by atoms with Gasteiger partial charge in [0, 0.05) is 27.6 Å². The lowest BCUT2D eigenvalue weighted by atomic mass is 9.91. The lowest BCUT2D eigenvalue weighted by molar-refractivity contribution is 0.672.